The molecule has 3 heterocycles. The lowest BCUT2D eigenvalue weighted by Gasteiger charge is -2.33. The Hall–Kier alpha value is -3.37. The van der Waals surface area contributed by atoms with Gasteiger partial charge in [0.25, 0.3) is 0 Å². The van der Waals surface area contributed by atoms with Crippen molar-refractivity contribution in [2.75, 3.05) is 14.2 Å². The van der Waals surface area contributed by atoms with Crippen LogP contribution < -0.4 is 19.8 Å². The van der Waals surface area contributed by atoms with Crippen LogP contribution in [0.2, 0.25) is 0 Å². The molecule has 0 unspecified atom stereocenters. The summed E-state index contributed by atoms with van der Waals surface area (Å²) in [5.74, 6) is -0.0480. The van der Waals surface area contributed by atoms with Crippen LogP contribution in [0.5, 0.6) is 17.2 Å². The summed E-state index contributed by atoms with van der Waals surface area (Å²) in [5, 5.41) is 21.8. The fourth-order valence-electron chi connectivity index (χ4n) is 5.02. The first-order valence-corrected chi connectivity index (χ1v) is 12.8. The van der Waals surface area contributed by atoms with E-state index in [0.717, 1.165) is 10.9 Å². The topological polar surface area (TPSA) is 117 Å². The van der Waals surface area contributed by atoms with Gasteiger partial charge in [0.1, 0.15) is 22.8 Å². The molecule has 2 aliphatic heterocycles. The van der Waals surface area contributed by atoms with Gasteiger partial charge in [-0.25, -0.2) is 4.79 Å². The third-order valence-electron chi connectivity index (χ3n) is 7.34. The lowest BCUT2D eigenvalue weighted by molar-refractivity contribution is -0.270. The summed E-state index contributed by atoms with van der Waals surface area (Å²) in [6, 6.07) is 10.4. The van der Waals surface area contributed by atoms with Gasteiger partial charge in [0, 0.05) is 47.1 Å². The van der Waals surface area contributed by atoms with Crippen LogP contribution in [0.1, 0.15) is 44.4 Å². The predicted molar refractivity (Wildman–Crippen MR) is 144 cm³/mol. The first kappa shape index (κ1) is 27.2. The van der Waals surface area contributed by atoms with E-state index in [1.165, 1.54) is 13.2 Å². The van der Waals surface area contributed by atoms with Crippen LogP contribution in [0.4, 0.5) is 0 Å². The van der Waals surface area contributed by atoms with Crippen LogP contribution in [0.3, 0.4) is 0 Å². The second kappa shape index (κ2) is 9.67. The Morgan fingerprint density at radius 1 is 1.03 bits per heavy atom. The molecule has 0 amide bonds. The van der Waals surface area contributed by atoms with Gasteiger partial charge in [-0.15, -0.1) is 0 Å². The van der Waals surface area contributed by atoms with Crippen LogP contribution in [0.25, 0.3) is 17.0 Å². The number of hydrogen-bond donors (Lipinski definition) is 2. The fraction of sp³-hybridized carbons (Fsp3) is 0.433. The van der Waals surface area contributed by atoms with Gasteiger partial charge >= 0.3 is 11.6 Å². The van der Waals surface area contributed by atoms with Crippen LogP contribution in [-0.2, 0) is 22.3 Å². The lowest BCUT2D eigenvalue weighted by atomic mass is 9.92. The number of rotatable bonds is 7. The molecule has 1 saturated heterocycles. The zero-order valence-corrected chi connectivity index (χ0v) is 22.9. The molecular weight excluding hydrogens is 504 g/mol. The van der Waals surface area contributed by atoms with Crippen LogP contribution in [0, 0.1) is 0 Å². The van der Waals surface area contributed by atoms with E-state index in [0.29, 0.717) is 40.4 Å². The van der Waals surface area contributed by atoms with Crippen molar-refractivity contribution in [3.8, 4) is 17.2 Å². The molecule has 1 aromatic heterocycles. The number of fused-ring (bicyclic) bond motifs is 2. The van der Waals surface area contributed by atoms with Crippen molar-refractivity contribution in [2.24, 2.45) is 0 Å². The number of hydrogen-bond acceptors (Lipinski definition) is 9. The minimum atomic E-state index is -1.55. The van der Waals surface area contributed by atoms with E-state index in [4.69, 9.17) is 28.1 Å². The van der Waals surface area contributed by atoms with Crippen LogP contribution in [-0.4, -0.2) is 53.8 Å². The minimum absolute atomic E-state index is 0.0822. The molecule has 0 saturated carbocycles. The third-order valence-corrected chi connectivity index (χ3v) is 7.34. The maximum Gasteiger partial charge on any atom is 0.350 e. The summed E-state index contributed by atoms with van der Waals surface area (Å²) in [5.41, 5.74) is -0.167. The number of benzene rings is 2. The molecule has 1 fully saturated rings. The molecule has 39 heavy (non-hydrogen) atoms. The van der Waals surface area contributed by atoms with E-state index in [2.05, 4.69) is 0 Å². The smallest absolute Gasteiger partial charge is 0.350 e. The van der Waals surface area contributed by atoms with Gasteiger partial charge < -0.3 is 38.3 Å². The molecule has 1 spiro atoms. The Morgan fingerprint density at radius 3 is 2.38 bits per heavy atom. The highest BCUT2D eigenvalue weighted by Crippen LogP contribution is 2.47. The summed E-state index contributed by atoms with van der Waals surface area (Å²) >= 11 is 0. The number of aliphatic hydroxyl groups is 2. The van der Waals surface area contributed by atoms with Gasteiger partial charge in [-0.05, 0) is 64.1 Å². The zero-order valence-electron chi connectivity index (χ0n) is 22.9. The Morgan fingerprint density at radius 2 is 1.69 bits per heavy atom. The van der Waals surface area contributed by atoms with Crippen molar-refractivity contribution < 1.29 is 38.3 Å². The molecule has 0 aliphatic carbocycles. The van der Waals surface area contributed by atoms with E-state index in [1.54, 1.807) is 39.2 Å². The van der Waals surface area contributed by atoms with E-state index in [1.807, 2.05) is 38.1 Å². The molecule has 2 N–H and O–H groups in total. The van der Waals surface area contributed by atoms with Gasteiger partial charge in [-0.2, -0.15) is 0 Å². The average molecular weight is 539 g/mol. The van der Waals surface area contributed by atoms with Gasteiger partial charge in [0.15, 0.2) is 0 Å². The molecule has 208 valence electrons. The van der Waals surface area contributed by atoms with Crippen molar-refractivity contribution in [2.45, 2.75) is 69.9 Å². The maximum absolute atomic E-state index is 12.0. The SMILES string of the molecule is COc1ccc2c(c1C[C@H](O)C(C)(C)O)O[C@@]1(C=C2)O[C@H](Cc2c(OC)ccc3ccc(=O)oc23)C(C)(C)O1. The standard InChI is InChI=1S/C30H34O9/c1-28(2,33)23(31)15-19-21(34-5)11-8-18-13-14-30(38-27(18)19)37-24(29(3,4)39-30)16-20-22(35-6)10-7-17-9-12-25(32)36-26(17)20/h7-14,23-24,31,33H,15-16H2,1-6H3/t23-,24+,30+/m0/s1. The molecule has 0 bridgehead atoms. The van der Waals surface area contributed by atoms with Crippen molar-refractivity contribution in [1.29, 1.82) is 0 Å². The van der Waals surface area contributed by atoms with Crippen molar-refractivity contribution in [1.82, 2.24) is 0 Å². The van der Waals surface area contributed by atoms with Gasteiger partial charge in [0.2, 0.25) is 0 Å². The second-order valence-corrected chi connectivity index (χ2v) is 11.0. The number of aliphatic hydroxyl groups excluding tert-OH is 1. The molecular formula is C30H34O9. The molecule has 0 radical (unpaired) electrons. The van der Waals surface area contributed by atoms with E-state index in [9.17, 15) is 15.0 Å². The van der Waals surface area contributed by atoms with Gasteiger partial charge in [-0.3, -0.25) is 0 Å². The Bertz CT molecular complexity index is 1480. The molecule has 5 rings (SSSR count). The third kappa shape index (κ3) is 5.03. The monoisotopic (exact) mass is 538 g/mol. The summed E-state index contributed by atoms with van der Waals surface area (Å²) in [6.45, 7) is 6.89. The predicted octanol–water partition coefficient (Wildman–Crippen LogP) is 3.98. The normalized spacial score (nSPS) is 22.5. The molecule has 2 aromatic carbocycles. The van der Waals surface area contributed by atoms with Crippen LogP contribution in [0.15, 0.2) is 51.7 Å². The van der Waals surface area contributed by atoms with Gasteiger partial charge in [-0.1, -0.05) is 0 Å². The van der Waals surface area contributed by atoms with Crippen molar-refractivity contribution in [3.05, 3.63) is 69.6 Å². The maximum atomic E-state index is 12.0. The number of ether oxygens (including phenoxy) is 5. The summed E-state index contributed by atoms with van der Waals surface area (Å²) in [7, 11) is 3.10. The lowest BCUT2D eigenvalue weighted by Crippen LogP contribution is -2.40. The van der Waals surface area contributed by atoms with Crippen molar-refractivity contribution >= 4 is 17.0 Å². The minimum Gasteiger partial charge on any atom is -0.496 e. The summed E-state index contributed by atoms with van der Waals surface area (Å²) in [6.07, 6.45) is 2.35. The summed E-state index contributed by atoms with van der Waals surface area (Å²) in [4.78, 5) is 12.0. The number of methoxy groups -OCH3 is 2. The highest BCUT2D eigenvalue weighted by Gasteiger charge is 2.55. The average Bonchev–Trinajstić information content (AvgIpc) is 3.12. The molecule has 9 nitrogen and oxygen atoms in total. The first-order valence-electron chi connectivity index (χ1n) is 12.8. The highest BCUT2D eigenvalue weighted by atomic mass is 16.9. The Labute approximate surface area is 226 Å². The van der Waals surface area contributed by atoms with Crippen LogP contribution >= 0.6 is 0 Å². The second-order valence-electron chi connectivity index (χ2n) is 11.0. The van der Waals surface area contributed by atoms with E-state index < -0.39 is 35.0 Å². The zero-order chi connectivity index (χ0) is 28.2. The molecule has 3 aromatic rings. The first-order chi connectivity index (χ1) is 18.4. The largest absolute Gasteiger partial charge is 0.496 e. The van der Waals surface area contributed by atoms with Crippen molar-refractivity contribution in [3.63, 3.8) is 0 Å². The Kier molecular flexibility index (Phi) is 6.75. The summed E-state index contributed by atoms with van der Waals surface area (Å²) < 4.78 is 36.1. The molecule has 3 atom stereocenters. The van der Waals surface area contributed by atoms with E-state index in [-0.39, 0.29) is 6.42 Å². The molecule has 2 aliphatic rings. The highest BCUT2D eigenvalue weighted by molar-refractivity contribution is 5.82. The van der Waals surface area contributed by atoms with Gasteiger partial charge in [0.05, 0.1) is 37.6 Å². The fourth-order valence-corrected chi connectivity index (χ4v) is 5.02. The molecule has 9 heteroatoms. The Balaban J connectivity index is 1.51. The quantitative estimate of drug-likeness (QED) is 0.431. The van der Waals surface area contributed by atoms with E-state index >= 15 is 0 Å².